The van der Waals surface area contributed by atoms with Crippen LogP contribution in [0.3, 0.4) is 0 Å². The Kier molecular flexibility index (Phi) is 3.82. The van der Waals surface area contributed by atoms with Gasteiger partial charge in [0.05, 0.1) is 0 Å². The smallest absolute Gasteiger partial charge is 0.351 e. The molecule has 8 nitrogen and oxygen atoms in total. The molecule has 0 aliphatic carbocycles. The first-order valence-electron chi connectivity index (χ1n) is 7.96. The lowest BCUT2D eigenvalue weighted by Gasteiger charge is -2.06. The van der Waals surface area contributed by atoms with Gasteiger partial charge in [-0.1, -0.05) is 12.1 Å². The summed E-state index contributed by atoms with van der Waals surface area (Å²) in [6, 6.07) is 12.2. The minimum absolute atomic E-state index is 0.235. The fourth-order valence-electron chi connectivity index (χ4n) is 2.90. The third-order valence-corrected chi connectivity index (χ3v) is 4.26. The van der Waals surface area contributed by atoms with Gasteiger partial charge < -0.3 is 19.0 Å². The number of hydrogen-bond acceptors (Lipinski definition) is 6. The molecule has 2 aromatic heterocycles. The van der Waals surface area contributed by atoms with Crippen molar-refractivity contribution in [3.63, 3.8) is 0 Å². The molecule has 0 saturated heterocycles. The van der Waals surface area contributed by atoms with E-state index in [0.717, 1.165) is 0 Å². The van der Waals surface area contributed by atoms with Crippen molar-refractivity contribution >= 4 is 33.9 Å². The van der Waals surface area contributed by atoms with Crippen molar-refractivity contribution < 1.29 is 28.6 Å². The van der Waals surface area contributed by atoms with Crippen molar-refractivity contribution in [1.29, 1.82) is 0 Å². The summed E-state index contributed by atoms with van der Waals surface area (Å²) < 4.78 is 10.0. The Balaban J connectivity index is 1.90. The van der Waals surface area contributed by atoms with Gasteiger partial charge in [-0.3, -0.25) is 0 Å². The van der Waals surface area contributed by atoms with Crippen molar-refractivity contribution in [2.75, 3.05) is 0 Å². The topological polar surface area (TPSA) is 135 Å². The normalized spacial score (nSPS) is 11.0. The number of carbonyl (C=O) groups is 2. The van der Waals surface area contributed by atoms with Crippen LogP contribution in [-0.4, -0.2) is 22.2 Å². The van der Waals surface area contributed by atoms with Gasteiger partial charge in [0.25, 0.3) is 0 Å². The third-order valence-electron chi connectivity index (χ3n) is 4.26. The molecule has 0 aliphatic heterocycles. The molecule has 2 N–H and O–H groups in total. The predicted molar refractivity (Wildman–Crippen MR) is 97.9 cm³/mol. The van der Waals surface area contributed by atoms with Crippen LogP contribution < -0.4 is 11.3 Å². The Hall–Kier alpha value is -4.20. The number of carboxylic acid groups (broad SMARTS) is 2. The van der Waals surface area contributed by atoms with Crippen LogP contribution in [0.5, 0.6) is 0 Å². The van der Waals surface area contributed by atoms with Crippen LogP contribution in [0.1, 0.15) is 20.7 Å². The molecule has 0 bridgehead atoms. The maximum atomic E-state index is 11.7. The van der Waals surface area contributed by atoms with Gasteiger partial charge in [-0.2, -0.15) is 0 Å². The van der Waals surface area contributed by atoms with Gasteiger partial charge in [0.2, 0.25) is 0 Å². The van der Waals surface area contributed by atoms with Gasteiger partial charge in [-0.05, 0) is 47.5 Å². The van der Waals surface area contributed by atoms with Gasteiger partial charge in [0.15, 0.2) is 0 Å². The van der Waals surface area contributed by atoms with Crippen molar-refractivity contribution in [2.45, 2.75) is 0 Å². The Labute approximate surface area is 154 Å². The van der Waals surface area contributed by atoms with Gasteiger partial charge in [0.1, 0.15) is 22.3 Å². The van der Waals surface area contributed by atoms with Crippen molar-refractivity contribution in [3.05, 3.63) is 80.5 Å². The molecule has 0 aliphatic rings. The van der Waals surface area contributed by atoms with E-state index >= 15 is 0 Å². The van der Waals surface area contributed by atoms with Gasteiger partial charge in [-0.25, -0.2) is 19.2 Å². The van der Waals surface area contributed by atoms with Gasteiger partial charge in [-0.15, -0.1) is 0 Å². The summed E-state index contributed by atoms with van der Waals surface area (Å²) >= 11 is 0. The highest BCUT2D eigenvalue weighted by Crippen LogP contribution is 2.27. The molecule has 0 saturated carbocycles. The number of benzene rings is 2. The highest BCUT2D eigenvalue weighted by Gasteiger charge is 2.14. The summed E-state index contributed by atoms with van der Waals surface area (Å²) in [5.74, 6) is -2.77. The number of aromatic carboxylic acids is 2. The lowest BCUT2D eigenvalue weighted by molar-refractivity contribution is 0.0681. The first-order chi connectivity index (χ1) is 13.3. The second-order valence-electron chi connectivity index (χ2n) is 6.01. The molecule has 28 heavy (non-hydrogen) atoms. The van der Waals surface area contributed by atoms with Crippen molar-refractivity contribution in [2.24, 2.45) is 0 Å². The van der Waals surface area contributed by atoms with Crippen molar-refractivity contribution in [3.8, 4) is 11.1 Å². The Morgan fingerprint density at radius 3 is 1.39 bits per heavy atom. The maximum Gasteiger partial charge on any atom is 0.351 e. The first-order valence-corrected chi connectivity index (χ1v) is 7.96. The molecule has 0 unspecified atom stereocenters. The summed E-state index contributed by atoms with van der Waals surface area (Å²) in [5.41, 5.74) is -1.01. The molecule has 4 rings (SSSR count). The zero-order chi connectivity index (χ0) is 20.0. The largest absolute Gasteiger partial charge is 0.477 e. The van der Waals surface area contributed by atoms with Gasteiger partial charge in [0, 0.05) is 10.8 Å². The molecule has 8 heteroatoms. The van der Waals surface area contributed by atoms with E-state index in [9.17, 15) is 19.2 Å². The van der Waals surface area contributed by atoms with Crippen LogP contribution >= 0.6 is 0 Å². The van der Waals surface area contributed by atoms with Crippen LogP contribution in [0.2, 0.25) is 0 Å². The highest BCUT2D eigenvalue weighted by atomic mass is 16.4. The maximum absolute atomic E-state index is 11.7. The summed E-state index contributed by atoms with van der Waals surface area (Å²) in [7, 11) is 0. The summed E-state index contributed by atoms with van der Waals surface area (Å²) in [4.78, 5) is 45.6. The minimum Gasteiger partial charge on any atom is -0.477 e. The van der Waals surface area contributed by atoms with E-state index in [0.29, 0.717) is 21.9 Å². The molecule has 0 fully saturated rings. The highest BCUT2D eigenvalue weighted by molar-refractivity contribution is 5.95. The Morgan fingerprint density at radius 2 is 1.04 bits per heavy atom. The molecule has 0 spiro atoms. The standard InChI is InChI=1S/C20H10O8/c21-17(22)13-7-11-5-9(1-3-15(11)27-19(13)25)10-2-4-16-12(6-10)8-14(18(23)24)20(26)28-16/h1-8H,(H,21,22)(H,23,24). The fraction of sp³-hybridized carbons (Fsp3) is 0. The van der Waals surface area contributed by atoms with E-state index in [1.165, 1.54) is 24.3 Å². The molecule has 0 amide bonds. The Morgan fingerprint density at radius 1 is 0.643 bits per heavy atom. The molecule has 2 heterocycles. The van der Waals surface area contributed by atoms with E-state index < -0.39 is 34.3 Å². The van der Waals surface area contributed by atoms with Crippen LogP contribution in [0.15, 0.2) is 67.0 Å². The van der Waals surface area contributed by atoms with Crippen molar-refractivity contribution in [1.82, 2.24) is 0 Å². The third kappa shape index (κ3) is 2.82. The van der Waals surface area contributed by atoms with E-state index in [-0.39, 0.29) is 11.2 Å². The number of rotatable bonds is 3. The van der Waals surface area contributed by atoms with Crippen LogP contribution in [0.4, 0.5) is 0 Å². The van der Waals surface area contributed by atoms with E-state index in [2.05, 4.69) is 0 Å². The average Bonchev–Trinajstić information content (AvgIpc) is 2.65. The molecule has 2 aromatic carbocycles. The minimum atomic E-state index is -1.39. The summed E-state index contributed by atoms with van der Waals surface area (Å²) in [5, 5.41) is 19.0. The molecule has 0 atom stereocenters. The monoisotopic (exact) mass is 378 g/mol. The van der Waals surface area contributed by atoms with E-state index in [1.54, 1.807) is 24.3 Å². The molecule has 0 radical (unpaired) electrons. The lowest BCUT2D eigenvalue weighted by atomic mass is 10.0. The second kappa shape index (κ2) is 6.20. The molecule has 4 aromatic rings. The fourth-order valence-corrected chi connectivity index (χ4v) is 2.90. The zero-order valence-corrected chi connectivity index (χ0v) is 14.0. The van der Waals surface area contributed by atoms with Crippen LogP contribution in [0.25, 0.3) is 33.1 Å². The van der Waals surface area contributed by atoms with Gasteiger partial charge >= 0.3 is 23.2 Å². The SMILES string of the molecule is O=C(O)c1cc2cc(-c3ccc4oc(=O)c(C(=O)O)cc4c3)ccc2oc1=O. The predicted octanol–water partition coefficient (Wildman–Crippen LogP) is 2.96. The quantitative estimate of drug-likeness (QED) is 0.520. The molecule has 138 valence electrons. The van der Waals surface area contributed by atoms with Crippen LogP contribution in [-0.2, 0) is 0 Å². The van der Waals surface area contributed by atoms with Crippen LogP contribution in [0, 0.1) is 0 Å². The zero-order valence-electron chi connectivity index (χ0n) is 14.0. The average molecular weight is 378 g/mol. The van der Waals surface area contributed by atoms with E-state index in [4.69, 9.17) is 19.0 Å². The molecular formula is C20H10O8. The summed E-state index contributed by atoms with van der Waals surface area (Å²) in [6.45, 7) is 0. The number of hydrogen-bond donors (Lipinski definition) is 2. The summed E-state index contributed by atoms with van der Waals surface area (Å²) in [6.07, 6.45) is 0. The first kappa shape index (κ1) is 17.2. The Bertz CT molecular complexity index is 1300. The van der Waals surface area contributed by atoms with E-state index in [1.807, 2.05) is 0 Å². The number of carboxylic acids is 2. The second-order valence-corrected chi connectivity index (χ2v) is 6.01. The molecular weight excluding hydrogens is 368 g/mol. The lowest BCUT2D eigenvalue weighted by Crippen LogP contribution is -2.12. The number of fused-ring (bicyclic) bond motifs is 2.